The SMILES string of the molecule is CCN(CC)Cc1ccc(C(=O)NCCC(=O)NCc2ccccc2)cc1. The molecular weight excluding hydrogens is 338 g/mol. The van der Waals surface area contributed by atoms with Gasteiger partial charge in [0.25, 0.3) is 5.91 Å². The summed E-state index contributed by atoms with van der Waals surface area (Å²) in [5, 5.41) is 5.65. The second-order valence-electron chi connectivity index (χ2n) is 6.43. The van der Waals surface area contributed by atoms with Crippen molar-refractivity contribution >= 4 is 11.8 Å². The van der Waals surface area contributed by atoms with Crippen molar-refractivity contribution in [1.82, 2.24) is 15.5 Å². The van der Waals surface area contributed by atoms with Crippen LogP contribution in [0.4, 0.5) is 0 Å². The quantitative estimate of drug-likeness (QED) is 0.679. The minimum absolute atomic E-state index is 0.0753. The van der Waals surface area contributed by atoms with Crippen LogP contribution in [0.1, 0.15) is 41.8 Å². The number of hydrogen-bond donors (Lipinski definition) is 2. The Morgan fingerprint density at radius 3 is 2.15 bits per heavy atom. The number of rotatable bonds is 10. The molecule has 0 unspecified atom stereocenters. The van der Waals surface area contributed by atoms with Crippen LogP contribution in [0.5, 0.6) is 0 Å². The van der Waals surface area contributed by atoms with Gasteiger partial charge >= 0.3 is 0 Å². The molecule has 5 nitrogen and oxygen atoms in total. The molecule has 0 saturated heterocycles. The van der Waals surface area contributed by atoms with Gasteiger partial charge in [0.1, 0.15) is 0 Å². The number of nitrogens with zero attached hydrogens (tertiary/aromatic N) is 1. The van der Waals surface area contributed by atoms with E-state index in [0.29, 0.717) is 18.7 Å². The molecule has 2 aromatic carbocycles. The fraction of sp³-hybridized carbons (Fsp3) is 0.364. The predicted molar refractivity (Wildman–Crippen MR) is 108 cm³/mol. The standard InChI is InChI=1S/C22H29N3O2/c1-3-25(4-2)17-19-10-12-20(13-11-19)22(27)23-15-14-21(26)24-16-18-8-6-5-7-9-18/h5-13H,3-4,14-17H2,1-2H3,(H,23,27)(H,24,26). The Labute approximate surface area is 161 Å². The van der Waals surface area contributed by atoms with E-state index in [4.69, 9.17) is 0 Å². The van der Waals surface area contributed by atoms with Gasteiger partial charge in [0.2, 0.25) is 5.91 Å². The highest BCUT2D eigenvalue weighted by Gasteiger charge is 2.08. The van der Waals surface area contributed by atoms with Gasteiger partial charge in [0.05, 0.1) is 0 Å². The van der Waals surface area contributed by atoms with Crippen LogP contribution in [-0.2, 0) is 17.9 Å². The van der Waals surface area contributed by atoms with Gasteiger partial charge in [-0.15, -0.1) is 0 Å². The molecular formula is C22H29N3O2. The largest absolute Gasteiger partial charge is 0.352 e. The Bertz CT molecular complexity index is 710. The number of nitrogens with one attached hydrogen (secondary N) is 2. The summed E-state index contributed by atoms with van der Waals surface area (Å²) in [6.45, 7) is 8.00. The third kappa shape index (κ3) is 7.23. The number of hydrogen-bond acceptors (Lipinski definition) is 3. The molecule has 0 aliphatic heterocycles. The maximum atomic E-state index is 12.2. The van der Waals surface area contributed by atoms with Crippen LogP contribution in [0.25, 0.3) is 0 Å². The number of carbonyl (C=O) groups excluding carboxylic acids is 2. The molecule has 0 heterocycles. The van der Waals surface area contributed by atoms with Gasteiger partial charge in [-0.2, -0.15) is 0 Å². The molecule has 2 rings (SSSR count). The molecule has 0 spiro atoms. The van der Waals surface area contributed by atoms with Gasteiger partial charge in [-0.1, -0.05) is 56.3 Å². The highest BCUT2D eigenvalue weighted by molar-refractivity contribution is 5.94. The monoisotopic (exact) mass is 367 g/mol. The molecule has 2 N–H and O–H groups in total. The lowest BCUT2D eigenvalue weighted by Gasteiger charge is -2.18. The van der Waals surface area contributed by atoms with Crippen molar-refractivity contribution in [1.29, 1.82) is 0 Å². The Morgan fingerprint density at radius 2 is 1.52 bits per heavy atom. The molecule has 27 heavy (non-hydrogen) atoms. The van der Waals surface area contributed by atoms with E-state index in [2.05, 4.69) is 29.4 Å². The zero-order chi connectivity index (χ0) is 19.5. The van der Waals surface area contributed by atoms with Crippen molar-refractivity contribution < 1.29 is 9.59 Å². The van der Waals surface area contributed by atoms with Crippen LogP contribution in [0.15, 0.2) is 54.6 Å². The van der Waals surface area contributed by atoms with E-state index >= 15 is 0 Å². The van der Waals surface area contributed by atoms with Crippen molar-refractivity contribution in [2.24, 2.45) is 0 Å². The molecule has 0 aliphatic rings. The topological polar surface area (TPSA) is 61.4 Å². The van der Waals surface area contributed by atoms with E-state index in [1.807, 2.05) is 54.6 Å². The molecule has 0 fully saturated rings. The highest BCUT2D eigenvalue weighted by Crippen LogP contribution is 2.07. The Kier molecular flexibility index (Phi) is 8.52. The minimum atomic E-state index is -0.153. The first kappa shape index (κ1) is 20.6. The zero-order valence-electron chi connectivity index (χ0n) is 16.2. The Balaban J connectivity index is 1.71. The van der Waals surface area contributed by atoms with Crippen LogP contribution in [0.3, 0.4) is 0 Å². The molecule has 0 aromatic heterocycles. The molecule has 2 amide bonds. The van der Waals surface area contributed by atoms with Gasteiger partial charge in [-0.05, 0) is 36.3 Å². The van der Waals surface area contributed by atoms with E-state index in [1.54, 1.807) is 0 Å². The van der Waals surface area contributed by atoms with Gasteiger partial charge in [0.15, 0.2) is 0 Å². The maximum absolute atomic E-state index is 12.2. The van der Waals surface area contributed by atoms with Gasteiger partial charge in [-0.3, -0.25) is 14.5 Å². The molecule has 144 valence electrons. The highest BCUT2D eigenvalue weighted by atomic mass is 16.2. The number of benzene rings is 2. The van der Waals surface area contributed by atoms with Crippen molar-refractivity contribution in [2.45, 2.75) is 33.4 Å². The summed E-state index contributed by atoms with van der Waals surface area (Å²) in [4.78, 5) is 26.4. The van der Waals surface area contributed by atoms with Crippen molar-refractivity contribution in [3.05, 3.63) is 71.3 Å². The second kappa shape index (κ2) is 11.1. The lowest BCUT2D eigenvalue weighted by atomic mass is 10.1. The molecule has 0 bridgehead atoms. The second-order valence-corrected chi connectivity index (χ2v) is 6.43. The summed E-state index contributed by atoms with van der Waals surface area (Å²) in [5.74, 6) is -0.228. The van der Waals surface area contributed by atoms with E-state index in [1.165, 1.54) is 5.56 Å². The molecule has 2 aromatic rings. The first-order chi connectivity index (χ1) is 13.1. The summed E-state index contributed by atoms with van der Waals surface area (Å²) in [5.41, 5.74) is 2.86. The third-order valence-corrected chi connectivity index (χ3v) is 4.49. The van der Waals surface area contributed by atoms with Gasteiger partial charge < -0.3 is 10.6 Å². The number of carbonyl (C=O) groups is 2. The predicted octanol–water partition coefficient (Wildman–Crippen LogP) is 2.96. The van der Waals surface area contributed by atoms with E-state index in [-0.39, 0.29) is 18.2 Å². The van der Waals surface area contributed by atoms with Crippen LogP contribution in [-0.4, -0.2) is 36.3 Å². The van der Waals surface area contributed by atoms with E-state index in [0.717, 1.165) is 25.2 Å². The molecule has 0 aliphatic carbocycles. The lowest BCUT2D eigenvalue weighted by Crippen LogP contribution is -2.30. The van der Waals surface area contributed by atoms with E-state index in [9.17, 15) is 9.59 Å². The van der Waals surface area contributed by atoms with Crippen molar-refractivity contribution in [3.8, 4) is 0 Å². The molecule has 0 atom stereocenters. The zero-order valence-corrected chi connectivity index (χ0v) is 16.2. The number of amides is 2. The fourth-order valence-electron chi connectivity index (χ4n) is 2.74. The normalized spacial score (nSPS) is 10.6. The summed E-state index contributed by atoms with van der Waals surface area (Å²) in [6, 6.07) is 17.4. The molecule has 5 heteroatoms. The molecule has 0 radical (unpaired) electrons. The van der Waals surface area contributed by atoms with Crippen LogP contribution in [0, 0.1) is 0 Å². The van der Waals surface area contributed by atoms with Crippen molar-refractivity contribution in [2.75, 3.05) is 19.6 Å². The average Bonchev–Trinajstić information content (AvgIpc) is 2.71. The Morgan fingerprint density at radius 1 is 0.852 bits per heavy atom. The third-order valence-electron chi connectivity index (χ3n) is 4.49. The van der Waals surface area contributed by atoms with E-state index < -0.39 is 0 Å². The summed E-state index contributed by atoms with van der Waals surface area (Å²) >= 11 is 0. The summed E-state index contributed by atoms with van der Waals surface area (Å²) in [7, 11) is 0. The summed E-state index contributed by atoms with van der Waals surface area (Å²) in [6.07, 6.45) is 0.263. The first-order valence-electron chi connectivity index (χ1n) is 9.52. The summed E-state index contributed by atoms with van der Waals surface area (Å²) < 4.78 is 0. The van der Waals surface area contributed by atoms with Gasteiger partial charge in [-0.25, -0.2) is 0 Å². The molecule has 0 saturated carbocycles. The minimum Gasteiger partial charge on any atom is -0.352 e. The van der Waals surface area contributed by atoms with Crippen LogP contribution in [0.2, 0.25) is 0 Å². The Hall–Kier alpha value is -2.66. The van der Waals surface area contributed by atoms with Crippen LogP contribution >= 0.6 is 0 Å². The van der Waals surface area contributed by atoms with Crippen molar-refractivity contribution in [3.63, 3.8) is 0 Å². The first-order valence-corrected chi connectivity index (χ1v) is 9.52. The van der Waals surface area contributed by atoms with Gasteiger partial charge in [0, 0.05) is 31.6 Å². The lowest BCUT2D eigenvalue weighted by molar-refractivity contribution is -0.121. The average molecular weight is 367 g/mol. The maximum Gasteiger partial charge on any atom is 0.251 e. The smallest absolute Gasteiger partial charge is 0.251 e. The fourth-order valence-corrected chi connectivity index (χ4v) is 2.74. The van der Waals surface area contributed by atoms with Crippen LogP contribution < -0.4 is 10.6 Å².